The largest absolute Gasteiger partial charge is 0.406 e. The predicted octanol–water partition coefficient (Wildman–Crippen LogP) is 2.09. The minimum Gasteiger partial charge on any atom is -0.406 e. The van der Waals surface area contributed by atoms with E-state index in [2.05, 4.69) is 15.5 Å². The Hall–Kier alpha value is -1.95. The smallest absolute Gasteiger partial charge is 0.322 e. The van der Waals surface area contributed by atoms with E-state index in [0.29, 0.717) is 25.0 Å². The first-order valence-corrected chi connectivity index (χ1v) is 5.74. The summed E-state index contributed by atoms with van der Waals surface area (Å²) in [6.07, 6.45) is 0. The summed E-state index contributed by atoms with van der Waals surface area (Å²) < 4.78 is 18.4. The molecule has 6 heteroatoms. The highest BCUT2D eigenvalue weighted by atomic mass is 19.1. The van der Waals surface area contributed by atoms with Gasteiger partial charge in [0.25, 0.3) is 0 Å². The number of hydrogen-bond acceptors (Lipinski definition) is 5. The molecule has 5 nitrogen and oxygen atoms in total. The van der Waals surface area contributed by atoms with Crippen LogP contribution in [0.15, 0.2) is 28.7 Å². The molecular formula is C12H15FN4O. The molecule has 0 fully saturated rings. The molecule has 0 radical (unpaired) electrons. The van der Waals surface area contributed by atoms with E-state index in [-0.39, 0.29) is 5.82 Å². The van der Waals surface area contributed by atoms with Crippen molar-refractivity contribution >= 4 is 11.7 Å². The highest BCUT2D eigenvalue weighted by Gasteiger charge is 2.14. The van der Waals surface area contributed by atoms with Gasteiger partial charge in [-0.15, -0.1) is 5.10 Å². The van der Waals surface area contributed by atoms with E-state index < -0.39 is 0 Å². The lowest BCUT2D eigenvalue weighted by Crippen LogP contribution is -2.16. The third-order valence-corrected chi connectivity index (χ3v) is 2.47. The number of anilines is 2. The molecule has 18 heavy (non-hydrogen) atoms. The van der Waals surface area contributed by atoms with Crippen LogP contribution in [0.5, 0.6) is 0 Å². The van der Waals surface area contributed by atoms with E-state index in [4.69, 9.17) is 4.42 Å². The Labute approximate surface area is 105 Å². The summed E-state index contributed by atoms with van der Waals surface area (Å²) in [5, 5.41) is 10.8. The number of nitrogens with zero attached hydrogens (tertiary/aromatic N) is 3. The SMILES string of the molecule is CCN(c1ccc(F)cc1)c1nnc(CNC)o1. The number of halogens is 1. The average Bonchev–Trinajstić information content (AvgIpc) is 2.82. The molecule has 0 saturated heterocycles. The van der Waals surface area contributed by atoms with Crippen molar-refractivity contribution in [1.82, 2.24) is 15.5 Å². The summed E-state index contributed by atoms with van der Waals surface area (Å²) in [7, 11) is 1.81. The summed E-state index contributed by atoms with van der Waals surface area (Å²) in [5.41, 5.74) is 0.818. The van der Waals surface area contributed by atoms with Crippen LogP contribution in [0.1, 0.15) is 12.8 Å². The number of rotatable bonds is 5. The molecule has 0 unspecified atom stereocenters. The van der Waals surface area contributed by atoms with E-state index in [1.165, 1.54) is 12.1 Å². The maximum absolute atomic E-state index is 12.9. The third kappa shape index (κ3) is 2.65. The van der Waals surface area contributed by atoms with E-state index in [0.717, 1.165) is 5.69 Å². The molecule has 0 spiro atoms. The van der Waals surface area contributed by atoms with Gasteiger partial charge in [0.05, 0.1) is 6.54 Å². The van der Waals surface area contributed by atoms with Gasteiger partial charge in [-0.2, -0.15) is 0 Å². The Kier molecular flexibility index (Phi) is 3.88. The zero-order valence-corrected chi connectivity index (χ0v) is 10.4. The van der Waals surface area contributed by atoms with Crippen LogP contribution < -0.4 is 10.2 Å². The maximum Gasteiger partial charge on any atom is 0.322 e. The number of nitrogens with one attached hydrogen (secondary N) is 1. The van der Waals surface area contributed by atoms with Crippen LogP contribution in [0.4, 0.5) is 16.1 Å². The lowest BCUT2D eigenvalue weighted by atomic mass is 10.3. The molecule has 0 aliphatic rings. The monoisotopic (exact) mass is 250 g/mol. The van der Waals surface area contributed by atoms with Gasteiger partial charge in [-0.25, -0.2) is 4.39 Å². The lowest BCUT2D eigenvalue weighted by molar-refractivity contribution is 0.481. The molecule has 0 bridgehead atoms. The summed E-state index contributed by atoms with van der Waals surface area (Å²) in [6.45, 7) is 3.14. The standard InChI is InChI=1S/C12H15FN4O/c1-3-17(10-6-4-9(13)5-7-10)12-16-15-11(18-12)8-14-2/h4-7,14H,3,8H2,1-2H3. The highest BCUT2D eigenvalue weighted by molar-refractivity contribution is 5.55. The van der Waals surface area contributed by atoms with E-state index in [9.17, 15) is 4.39 Å². The van der Waals surface area contributed by atoms with Gasteiger partial charge in [0.1, 0.15) is 5.82 Å². The van der Waals surface area contributed by atoms with E-state index >= 15 is 0 Å². The van der Waals surface area contributed by atoms with Gasteiger partial charge in [0.2, 0.25) is 5.89 Å². The Morgan fingerprint density at radius 3 is 2.61 bits per heavy atom. The van der Waals surface area contributed by atoms with Crippen molar-refractivity contribution in [2.75, 3.05) is 18.5 Å². The molecule has 0 amide bonds. The van der Waals surface area contributed by atoms with Crippen LogP contribution in [-0.2, 0) is 6.54 Å². The van der Waals surface area contributed by atoms with Crippen molar-refractivity contribution < 1.29 is 8.81 Å². The second-order valence-corrected chi connectivity index (χ2v) is 3.73. The van der Waals surface area contributed by atoms with Gasteiger partial charge in [-0.3, -0.25) is 4.90 Å². The molecule has 96 valence electrons. The Balaban J connectivity index is 2.24. The number of benzene rings is 1. The predicted molar refractivity (Wildman–Crippen MR) is 66.1 cm³/mol. The zero-order chi connectivity index (χ0) is 13.0. The molecule has 1 aromatic heterocycles. The average molecular weight is 250 g/mol. The molecule has 2 rings (SSSR count). The molecule has 1 N–H and O–H groups in total. The lowest BCUT2D eigenvalue weighted by Gasteiger charge is -2.17. The fourth-order valence-electron chi connectivity index (χ4n) is 1.63. The molecule has 0 saturated carbocycles. The van der Waals surface area contributed by atoms with Crippen molar-refractivity contribution in [3.05, 3.63) is 36.0 Å². The normalized spacial score (nSPS) is 10.6. The highest BCUT2D eigenvalue weighted by Crippen LogP contribution is 2.23. The van der Waals surface area contributed by atoms with E-state index in [1.807, 2.05) is 11.8 Å². The first-order chi connectivity index (χ1) is 8.74. The van der Waals surface area contributed by atoms with E-state index in [1.54, 1.807) is 19.2 Å². The fraction of sp³-hybridized carbons (Fsp3) is 0.333. The van der Waals surface area contributed by atoms with Crippen LogP contribution in [0.3, 0.4) is 0 Å². The summed E-state index contributed by atoms with van der Waals surface area (Å²) >= 11 is 0. The molecule has 0 aliphatic carbocycles. The minimum atomic E-state index is -0.267. The van der Waals surface area contributed by atoms with Gasteiger partial charge in [0.15, 0.2) is 0 Å². The van der Waals surface area contributed by atoms with Crippen LogP contribution >= 0.6 is 0 Å². The fourth-order valence-corrected chi connectivity index (χ4v) is 1.63. The summed E-state index contributed by atoms with van der Waals surface area (Å²) in [4.78, 5) is 1.82. The van der Waals surface area contributed by atoms with Crippen molar-refractivity contribution in [1.29, 1.82) is 0 Å². The van der Waals surface area contributed by atoms with Crippen LogP contribution in [0.25, 0.3) is 0 Å². The molecule has 1 heterocycles. The van der Waals surface area contributed by atoms with Gasteiger partial charge in [-0.05, 0) is 38.2 Å². The van der Waals surface area contributed by atoms with Gasteiger partial charge >= 0.3 is 6.01 Å². The maximum atomic E-state index is 12.9. The van der Waals surface area contributed by atoms with Crippen LogP contribution in [-0.4, -0.2) is 23.8 Å². The molecule has 1 aromatic carbocycles. The Bertz CT molecular complexity index is 497. The Morgan fingerprint density at radius 2 is 2.00 bits per heavy atom. The first kappa shape index (κ1) is 12.5. The Morgan fingerprint density at radius 1 is 1.28 bits per heavy atom. The number of hydrogen-bond donors (Lipinski definition) is 1. The third-order valence-electron chi connectivity index (χ3n) is 2.47. The quantitative estimate of drug-likeness (QED) is 0.880. The number of aromatic nitrogens is 2. The zero-order valence-electron chi connectivity index (χ0n) is 10.4. The van der Waals surface area contributed by atoms with Gasteiger partial charge in [0, 0.05) is 12.2 Å². The summed E-state index contributed by atoms with van der Waals surface area (Å²) in [6, 6.07) is 6.59. The van der Waals surface area contributed by atoms with Crippen LogP contribution in [0.2, 0.25) is 0 Å². The molecule has 0 atom stereocenters. The molecule has 0 aliphatic heterocycles. The molecular weight excluding hydrogens is 235 g/mol. The van der Waals surface area contributed by atoms with Gasteiger partial charge < -0.3 is 9.73 Å². The topological polar surface area (TPSA) is 54.2 Å². The molecule has 2 aromatic rings. The van der Waals surface area contributed by atoms with Crippen molar-refractivity contribution in [2.24, 2.45) is 0 Å². The van der Waals surface area contributed by atoms with Crippen LogP contribution in [0, 0.1) is 5.82 Å². The van der Waals surface area contributed by atoms with Crippen molar-refractivity contribution in [2.45, 2.75) is 13.5 Å². The van der Waals surface area contributed by atoms with Crippen molar-refractivity contribution in [3.63, 3.8) is 0 Å². The first-order valence-electron chi connectivity index (χ1n) is 5.74. The minimum absolute atomic E-state index is 0.267. The van der Waals surface area contributed by atoms with Crippen molar-refractivity contribution in [3.8, 4) is 0 Å². The van der Waals surface area contributed by atoms with Gasteiger partial charge in [-0.1, -0.05) is 5.10 Å². The summed E-state index contributed by atoms with van der Waals surface area (Å²) in [5.74, 6) is 0.254. The second-order valence-electron chi connectivity index (χ2n) is 3.73. The second kappa shape index (κ2) is 5.59.